The topological polar surface area (TPSA) is 108 Å². The number of urea groups is 1. The van der Waals surface area contributed by atoms with E-state index in [9.17, 15) is 4.79 Å². The van der Waals surface area contributed by atoms with Crippen LogP contribution < -0.4 is 16.4 Å². The van der Waals surface area contributed by atoms with Crippen LogP contribution in [0.2, 0.25) is 0 Å². The molecule has 6 nitrogen and oxygen atoms in total. The Morgan fingerprint density at radius 1 is 0.885 bits per heavy atom. The Hall–Kier alpha value is 0.890. The van der Waals surface area contributed by atoms with Gasteiger partial charge in [0.15, 0.2) is 12.5 Å². The molecule has 0 spiro atoms. The van der Waals surface area contributed by atoms with E-state index in [0.717, 1.165) is 0 Å². The number of unbranched alkanes of at least 4 members (excludes halogenated alkanes) is 3. The quantitative estimate of drug-likeness (QED) is 0.216. The monoisotopic (exact) mass is 497 g/mol. The molecular weight excluding hydrogens is 471 g/mol. The van der Waals surface area contributed by atoms with Gasteiger partial charge in [0.1, 0.15) is 0 Å². The summed E-state index contributed by atoms with van der Waals surface area (Å²) in [7, 11) is 0. The Labute approximate surface area is 186 Å². The maximum atomic E-state index is 11.1. The minimum absolute atomic E-state index is 0.333. The van der Waals surface area contributed by atoms with Crippen molar-refractivity contribution in [1.29, 1.82) is 0 Å². The number of alkyl halides is 6. The fourth-order valence-electron chi connectivity index (χ4n) is 0.954. The van der Waals surface area contributed by atoms with Crippen molar-refractivity contribution in [2.75, 3.05) is 0 Å². The summed E-state index contributed by atoms with van der Waals surface area (Å²) in [5.41, 5.74) is 5.11. The van der Waals surface area contributed by atoms with E-state index in [-0.39, 0.29) is 0 Å². The molecule has 0 radical (unpaired) electrons. The lowest BCUT2D eigenvalue weighted by Gasteiger charge is -2.23. The highest BCUT2D eigenvalue weighted by Crippen LogP contribution is 2.30. The summed E-state index contributed by atoms with van der Waals surface area (Å²) in [5, 5.41) is 21.8. The average Bonchev–Trinajstić information content (AvgIpc) is 2.42. The third-order valence-corrected chi connectivity index (χ3v) is 3.35. The maximum absolute atomic E-state index is 11.1. The number of aliphatic hydroxyl groups excluding tert-OH is 2. The molecular formula is C14H29Cl6N3O3. The van der Waals surface area contributed by atoms with E-state index in [1.54, 1.807) is 10.6 Å². The van der Waals surface area contributed by atoms with Crippen molar-refractivity contribution < 1.29 is 15.0 Å². The van der Waals surface area contributed by atoms with E-state index in [0.29, 0.717) is 6.04 Å². The van der Waals surface area contributed by atoms with Gasteiger partial charge in [-0.3, -0.25) is 0 Å². The minimum atomic E-state index is -2.12. The van der Waals surface area contributed by atoms with Crippen molar-refractivity contribution in [3.63, 3.8) is 0 Å². The van der Waals surface area contributed by atoms with Crippen molar-refractivity contribution >= 4 is 75.6 Å². The molecule has 0 aliphatic heterocycles. The number of halogens is 6. The fraction of sp³-hybridized carbons (Fsp3) is 0.929. The molecule has 0 aliphatic carbocycles. The Balaban J connectivity index is -0.000000434. The van der Waals surface area contributed by atoms with Gasteiger partial charge in [0.05, 0.1) is 0 Å². The number of hydrogen-bond acceptors (Lipinski definition) is 4. The molecule has 0 saturated heterocycles. The SMILES string of the molecule is CC(C)N.CCCCCC.O=C(NC(O)C(Cl)(Cl)Cl)NC(O)C(Cl)(Cl)Cl. The van der Waals surface area contributed by atoms with E-state index in [1.807, 2.05) is 13.8 Å². The van der Waals surface area contributed by atoms with Gasteiger partial charge in [0, 0.05) is 0 Å². The first kappa shape index (κ1) is 31.6. The molecule has 0 aromatic carbocycles. The third kappa shape index (κ3) is 24.9. The number of nitrogens with two attached hydrogens (primary N) is 1. The molecule has 0 aromatic heterocycles. The van der Waals surface area contributed by atoms with Gasteiger partial charge in [0.25, 0.3) is 0 Å². The van der Waals surface area contributed by atoms with Crippen LogP contribution in [-0.4, -0.2) is 42.3 Å². The van der Waals surface area contributed by atoms with Gasteiger partial charge in [-0.25, -0.2) is 4.79 Å². The van der Waals surface area contributed by atoms with Gasteiger partial charge >= 0.3 is 6.03 Å². The second kappa shape index (κ2) is 16.8. The van der Waals surface area contributed by atoms with E-state index < -0.39 is 26.1 Å². The van der Waals surface area contributed by atoms with Gasteiger partial charge in [-0.1, -0.05) is 123 Å². The van der Waals surface area contributed by atoms with Crippen LogP contribution in [0.5, 0.6) is 0 Å². The number of nitrogens with one attached hydrogen (secondary N) is 2. The Morgan fingerprint density at radius 2 is 1.12 bits per heavy atom. The van der Waals surface area contributed by atoms with Crippen molar-refractivity contribution in [2.45, 2.75) is 79.5 Å². The molecule has 0 bridgehead atoms. The summed E-state index contributed by atoms with van der Waals surface area (Å²) in [4.78, 5) is 11.1. The van der Waals surface area contributed by atoms with E-state index in [4.69, 9.17) is 85.6 Å². The zero-order chi connectivity index (χ0) is 21.6. The molecule has 2 amide bonds. The van der Waals surface area contributed by atoms with Crippen molar-refractivity contribution in [2.24, 2.45) is 5.73 Å². The van der Waals surface area contributed by atoms with Gasteiger partial charge < -0.3 is 26.6 Å². The lowest BCUT2D eigenvalue weighted by molar-refractivity contribution is 0.120. The van der Waals surface area contributed by atoms with Crippen molar-refractivity contribution in [3.05, 3.63) is 0 Å². The standard InChI is InChI=1S/C6H14.C5H6Cl6N2O3.C3H9N/c1-3-5-6-4-2;6-4(7,8)1(14)12-3(16)13-2(15)5(9,10)11;1-3(2)4/h3-6H2,1-2H3;1-2,14-15H,(H2,12,13,16);3H,4H2,1-2H3. The van der Waals surface area contributed by atoms with Gasteiger partial charge in [0.2, 0.25) is 7.59 Å². The van der Waals surface area contributed by atoms with Crippen LogP contribution in [0.1, 0.15) is 53.4 Å². The lowest BCUT2D eigenvalue weighted by atomic mass is 10.2. The highest BCUT2D eigenvalue weighted by molar-refractivity contribution is 6.68. The van der Waals surface area contributed by atoms with Crippen LogP contribution in [0.15, 0.2) is 0 Å². The minimum Gasteiger partial charge on any atom is -0.369 e. The van der Waals surface area contributed by atoms with E-state index in [2.05, 4.69) is 13.8 Å². The lowest BCUT2D eigenvalue weighted by Crippen LogP contribution is -2.53. The average molecular weight is 500 g/mol. The number of carbonyl (C=O) groups excluding carboxylic acids is 1. The number of amides is 2. The second-order valence-electron chi connectivity index (χ2n) is 5.46. The Kier molecular flexibility index (Phi) is 20.4. The van der Waals surface area contributed by atoms with Crippen LogP contribution in [-0.2, 0) is 0 Å². The highest BCUT2D eigenvalue weighted by Gasteiger charge is 2.35. The molecule has 2 atom stereocenters. The summed E-state index contributed by atoms with van der Waals surface area (Å²) in [6.45, 7) is 8.35. The van der Waals surface area contributed by atoms with Crippen LogP contribution in [0.3, 0.4) is 0 Å². The molecule has 160 valence electrons. The van der Waals surface area contributed by atoms with Crippen LogP contribution in [0.25, 0.3) is 0 Å². The molecule has 26 heavy (non-hydrogen) atoms. The molecule has 0 rings (SSSR count). The number of rotatable bonds is 5. The molecule has 0 aliphatic rings. The third-order valence-electron chi connectivity index (χ3n) is 2.11. The number of hydrogen-bond donors (Lipinski definition) is 5. The summed E-state index contributed by atoms with van der Waals surface area (Å²) < 4.78 is -4.25. The molecule has 0 saturated carbocycles. The summed E-state index contributed by atoms with van der Waals surface area (Å²) in [6, 6.07) is -0.752. The fourth-order valence-corrected chi connectivity index (χ4v) is 1.28. The Bertz CT molecular complexity index is 321. The molecule has 0 aromatic rings. The van der Waals surface area contributed by atoms with Crippen LogP contribution in [0, 0.1) is 0 Å². The van der Waals surface area contributed by atoms with Crippen molar-refractivity contribution in [3.8, 4) is 0 Å². The largest absolute Gasteiger partial charge is 0.369 e. The number of aliphatic hydroxyl groups is 2. The molecule has 12 heteroatoms. The zero-order valence-electron chi connectivity index (χ0n) is 15.2. The van der Waals surface area contributed by atoms with Crippen LogP contribution in [0.4, 0.5) is 4.79 Å². The summed E-state index contributed by atoms with van der Waals surface area (Å²) in [6.07, 6.45) is 1.95. The van der Waals surface area contributed by atoms with Crippen LogP contribution >= 0.6 is 69.6 Å². The van der Waals surface area contributed by atoms with Gasteiger partial charge in [-0.05, 0) is 6.04 Å². The van der Waals surface area contributed by atoms with Gasteiger partial charge in [-0.15, -0.1) is 0 Å². The first-order valence-corrected chi connectivity index (χ1v) is 10.2. The predicted octanol–water partition coefficient (Wildman–Crippen LogP) is 4.60. The zero-order valence-corrected chi connectivity index (χ0v) is 19.7. The predicted molar refractivity (Wildman–Crippen MR) is 113 cm³/mol. The highest BCUT2D eigenvalue weighted by atomic mass is 35.6. The Morgan fingerprint density at radius 3 is 1.27 bits per heavy atom. The maximum Gasteiger partial charge on any atom is 0.319 e. The normalized spacial score (nSPS) is 13.6. The van der Waals surface area contributed by atoms with E-state index in [1.165, 1.54) is 25.7 Å². The van der Waals surface area contributed by atoms with Crippen molar-refractivity contribution in [1.82, 2.24) is 10.6 Å². The molecule has 2 unspecified atom stereocenters. The summed E-state index contributed by atoms with van der Waals surface area (Å²) >= 11 is 31.5. The van der Waals surface area contributed by atoms with E-state index >= 15 is 0 Å². The first-order valence-electron chi connectivity index (χ1n) is 7.91. The van der Waals surface area contributed by atoms with Gasteiger partial charge in [-0.2, -0.15) is 0 Å². The molecule has 0 heterocycles. The molecule has 6 N–H and O–H groups in total. The number of carbonyl (C=O) groups is 1. The second-order valence-corrected chi connectivity index (χ2v) is 10.2. The molecule has 0 fully saturated rings. The smallest absolute Gasteiger partial charge is 0.319 e. The summed E-state index contributed by atoms with van der Waals surface area (Å²) in [5.74, 6) is 0. The first-order chi connectivity index (χ1) is 11.6.